The highest BCUT2D eigenvalue weighted by atomic mass is 19.1. The highest BCUT2D eigenvalue weighted by molar-refractivity contribution is 5.19. The minimum Gasteiger partial charge on any atom is -0.390 e. The van der Waals surface area contributed by atoms with E-state index >= 15 is 0 Å². The molecule has 2 aliphatic rings. The lowest BCUT2D eigenvalue weighted by Gasteiger charge is -2.42. The molecule has 0 aromatic heterocycles. The Hall–Kier alpha value is -0.890. The molecule has 2 fully saturated rings. The van der Waals surface area contributed by atoms with Crippen LogP contribution in [0.2, 0.25) is 0 Å². The van der Waals surface area contributed by atoms with Crippen molar-refractivity contribution < 1.29 is 9.50 Å². The van der Waals surface area contributed by atoms with Gasteiger partial charge in [-0.1, -0.05) is 25.0 Å². The zero-order chi connectivity index (χ0) is 13.3. The summed E-state index contributed by atoms with van der Waals surface area (Å²) in [4.78, 5) is 0. The van der Waals surface area contributed by atoms with Crippen LogP contribution < -0.4 is 0 Å². The predicted molar refractivity (Wildman–Crippen MR) is 74.4 cm³/mol. The van der Waals surface area contributed by atoms with Gasteiger partial charge in [-0.3, -0.25) is 0 Å². The number of hydrogen-bond acceptors (Lipinski definition) is 1. The molecule has 2 aliphatic carbocycles. The number of rotatable bonds is 2. The standard InChI is InChI=1S/C17H23FO/c18-15-5-3-4-14(12-15)13-17(19)10-8-16(9-11-17)6-1-2-7-16/h3-5,12,19H,1-2,6-11,13H2. The van der Waals surface area contributed by atoms with Crippen molar-refractivity contribution in [3.63, 3.8) is 0 Å². The molecule has 19 heavy (non-hydrogen) atoms. The van der Waals surface area contributed by atoms with Crippen LogP contribution in [0.25, 0.3) is 0 Å². The van der Waals surface area contributed by atoms with Crippen molar-refractivity contribution in [2.75, 3.05) is 0 Å². The average Bonchev–Trinajstić information content (AvgIpc) is 2.83. The topological polar surface area (TPSA) is 20.2 Å². The number of benzene rings is 1. The lowest BCUT2D eigenvalue weighted by Crippen LogP contribution is -2.39. The molecule has 1 aromatic carbocycles. The summed E-state index contributed by atoms with van der Waals surface area (Å²) in [7, 11) is 0. The molecule has 2 saturated carbocycles. The number of aliphatic hydroxyl groups is 1. The van der Waals surface area contributed by atoms with Crippen LogP contribution in [0.4, 0.5) is 4.39 Å². The largest absolute Gasteiger partial charge is 0.390 e. The van der Waals surface area contributed by atoms with Gasteiger partial charge in [-0.2, -0.15) is 0 Å². The molecular formula is C17H23FO. The fraction of sp³-hybridized carbons (Fsp3) is 0.647. The van der Waals surface area contributed by atoms with Crippen LogP contribution in [0.1, 0.15) is 56.9 Å². The third-order valence-corrected chi connectivity index (χ3v) is 5.33. The van der Waals surface area contributed by atoms with Crippen LogP contribution in [-0.4, -0.2) is 10.7 Å². The SMILES string of the molecule is OC1(Cc2cccc(F)c2)CCC2(CCCC2)CC1. The van der Waals surface area contributed by atoms with Crippen molar-refractivity contribution in [2.45, 2.75) is 63.4 Å². The molecule has 0 radical (unpaired) electrons. The van der Waals surface area contributed by atoms with Gasteiger partial charge in [0.25, 0.3) is 0 Å². The van der Waals surface area contributed by atoms with E-state index in [9.17, 15) is 9.50 Å². The number of halogens is 1. The Balaban J connectivity index is 1.65. The molecular weight excluding hydrogens is 239 g/mol. The molecule has 0 amide bonds. The Morgan fingerprint density at radius 2 is 1.68 bits per heavy atom. The lowest BCUT2D eigenvalue weighted by molar-refractivity contribution is -0.0322. The summed E-state index contributed by atoms with van der Waals surface area (Å²) in [5.74, 6) is -0.204. The molecule has 0 aliphatic heterocycles. The molecule has 0 heterocycles. The van der Waals surface area contributed by atoms with Crippen LogP contribution in [0.3, 0.4) is 0 Å². The van der Waals surface area contributed by atoms with Crippen molar-refractivity contribution >= 4 is 0 Å². The summed E-state index contributed by atoms with van der Waals surface area (Å²) in [6.07, 6.45) is 10.1. The maximum absolute atomic E-state index is 13.2. The van der Waals surface area contributed by atoms with E-state index in [0.717, 1.165) is 31.2 Å². The van der Waals surface area contributed by atoms with Gasteiger partial charge in [0.05, 0.1) is 5.60 Å². The smallest absolute Gasteiger partial charge is 0.123 e. The van der Waals surface area contributed by atoms with Gasteiger partial charge in [0.2, 0.25) is 0 Å². The van der Waals surface area contributed by atoms with Gasteiger partial charge < -0.3 is 5.11 Å². The Kier molecular flexibility index (Phi) is 3.38. The third-order valence-electron chi connectivity index (χ3n) is 5.33. The average molecular weight is 262 g/mol. The van der Waals surface area contributed by atoms with Crippen molar-refractivity contribution in [3.05, 3.63) is 35.6 Å². The number of hydrogen-bond donors (Lipinski definition) is 1. The first-order chi connectivity index (χ1) is 9.09. The second-order valence-corrected chi connectivity index (χ2v) is 6.74. The minimum atomic E-state index is -0.609. The Bertz CT molecular complexity index is 438. The fourth-order valence-corrected chi connectivity index (χ4v) is 4.07. The maximum atomic E-state index is 13.2. The van der Waals surface area contributed by atoms with Gasteiger partial charge in [0.15, 0.2) is 0 Å². The van der Waals surface area contributed by atoms with Crippen LogP contribution in [0, 0.1) is 11.2 Å². The first-order valence-electron chi connectivity index (χ1n) is 7.56. The van der Waals surface area contributed by atoms with Gasteiger partial charge in [-0.25, -0.2) is 4.39 Å². The molecule has 0 bridgehead atoms. The third kappa shape index (κ3) is 2.84. The summed E-state index contributed by atoms with van der Waals surface area (Å²) in [6, 6.07) is 6.66. The Labute approximate surface area is 114 Å². The first kappa shape index (κ1) is 13.1. The molecule has 1 aromatic rings. The first-order valence-corrected chi connectivity index (χ1v) is 7.56. The Morgan fingerprint density at radius 1 is 1.00 bits per heavy atom. The van der Waals surface area contributed by atoms with E-state index in [-0.39, 0.29) is 5.82 Å². The highest BCUT2D eigenvalue weighted by Gasteiger charge is 2.42. The molecule has 2 heteroatoms. The minimum absolute atomic E-state index is 0.204. The summed E-state index contributed by atoms with van der Waals surface area (Å²) in [6.45, 7) is 0. The van der Waals surface area contributed by atoms with Gasteiger partial charge in [0, 0.05) is 6.42 Å². The summed E-state index contributed by atoms with van der Waals surface area (Å²) >= 11 is 0. The fourth-order valence-electron chi connectivity index (χ4n) is 4.07. The normalized spacial score (nSPS) is 24.7. The van der Waals surface area contributed by atoms with Gasteiger partial charge in [-0.05, 0) is 61.6 Å². The quantitative estimate of drug-likeness (QED) is 0.845. The molecule has 0 saturated heterocycles. The van der Waals surface area contributed by atoms with Crippen LogP contribution in [-0.2, 0) is 6.42 Å². The van der Waals surface area contributed by atoms with Crippen molar-refractivity contribution in [1.29, 1.82) is 0 Å². The van der Waals surface area contributed by atoms with E-state index in [1.165, 1.54) is 31.7 Å². The van der Waals surface area contributed by atoms with E-state index in [0.29, 0.717) is 11.8 Å². The lowest BCUT2D eigenvalue weighted by atomic mass is 9.66. The molecule has 1 N–H and O–H groups in total. The van der Waals surface area contributed by atoms with Crippen LogP contribution in [0.5, 0.6) is 0 Å². The second kappa shape index (κ2) is 4.90. The molecule has 0 unspecified atom stereocenters. The second-order valence-electron chi connectivity index (χ2n) is 6.74. The maximum Gasteiger partial charge on any atom is 0.123 e. The monoisotopic (exact) mass is 262 g/mol. The molecule has 104 valence electrons. The van der Waals surface area contributed by atoms with Crippen LogP contribution >= 0.6 is 0 Å². The van der Waals surface area contributed by atoms with Crippen molar-refractivity contribution in [2.24, 2.45) is 5.41 Å². The molecule has 0 atom stereocenters. The van der Waals surface area contributed by atoms with E-state index in [4.69, 9.17) is 0 Å². The summed E-state index contributed by atoms with van der Waals surface area (Å²) < 4.78 is 13.2. The summed E-state index contributed by atoms with van der Waals surface area (Å²) in [5.41, 5.74) is 0.848. The van der Waals surface area contributed by atoms with E-state index in [1.54, 1.807) is 12.1 Å². The Morgan fingerprint density at radius 3 is 2.32 bits per heavy atom. The zero-order valence-electron chi connectivity index (χ0n) is 11.5. The molecule has 1 nitrogen and oxygen atoms in total. The zero-order valence-corrected chi connectivity index (χ0v) is 11.5. The molecule has 1 spiro atoms. The predicted octanol–water partition coefficient (Wildman–Crippen LogP) is 4.23. The van der Waals surface area contributed by atoms with Crippen LogP contribution in [0.15, 0.2) is 24.3 Å². The van der Waals surface area contributed by atoms with Crippen molar-refractivity contribution in [1.82, 2.24) is 0 Å². The highest BCUT2D eigenvalue weighted by Crippen LogP contribution is 2.51. The van der Waals surface area contributed by atoms with E-state index in [2.05, 4.69) is 0 Å². The summed E-state index contributed by atoms with van der Waals surface area (Å²) in [5, 5.41) is 10.7. The van der Waals surface area contributed by atoms with Gasteiger partial charge in [-0.15, -0.1) is 0 Å². The van der Waals surface area contributed by atoms with Gasteiger partial charge >= 0.3 is 0 Å². The van der Waals surface area contributed by atoms with Gasteiger partial charge in [0.1, 0.15) is 5.82 Å². The van der Waals surface area contributed by atoms with E-state index in [1.807, 2.05) is 6.07 Å². The molecule has 3 rings (SSSR count). The van der Waals surface area contributed by atoms with Crippen molar-refractivity contribution in [3.8, 4) is 0 Å². The van der Waals surface area contributed by atoms with E-state index < -0.39 is 5.60 Å².